The van der Waals surface area contributed by atoms with E-state index in [1.54, 1.807) is 0 Å². The van der Waals surface area contributed by atoms with Crippen molar-refractivity contribution in [2.45, 2.75) is 0 Å². The maximum absolute atomic E-state index is 12.7. The third kappa shape index (κ3) is 0.792. The van der Waals surface area contributed by atoms with Gasteiger partial charge in [0.15, 0.2) is 5.82 Å². The zero-order valence-electron chi connectivity index (χ0n) is 5.64. The molecule has 0 aliphatic carbocycles. The van der Waals surface area contributed by atoms with E-state index in [4.69, 9.17) is 0 Å². The van der Waals surface area contributed by atoms with E-state index in [0.717, 1.165) is 12.1 Å². The summed E-state index contributed by atoms with van der Waals surface area (Å²) in [4.78, 5) is 0. The Morgan fingerprint density at radius 2 is 1.92 bits per heavy atom. The first kappa shape index (κ1) is 7.15. The van der Waals surface area contributed by atoms with Crippen molar-refractivity contribution in [3.63, 3.8) is 0 Å². The highest BCUT2D eigenvalue weighted by Crippen LogP contribution is 2.21. The van der Waals surface area contributed by atoms with Crippen LogP contribution in [0.4, 0.5) is 13.2 Å². The van der Waals surface area contributed by atoms with Gasteiger partial charge in [-0.05, 0) is 17.3 Å². The monoisotopic (exact) mass is 173 g/mol. The second-order valence-electron chi connectivity index (χ2n) is 2.21. The number of fused-ring (bicyclic) bond motifs is 1. The average molecular weight is 173 g/mol. The number of nitrogens with zero attached hydrogens (tertiary/aromatic N) is 1. The van der Waals surface area contributed by atoms with E-state index in [9.17, 15) is 13.2 Å². The minimum Gasteiger partial charge on any atom is -0.350 e. The van der Waals surface area contributed by atoms with Crippen LogP contribution in [0.1, 0.15) is 0 Å². The molecule has 5 heteroatoms. The molecule has 0 saturated carbocycles. The minimum atomic E-state index is -1.22. The van der Waals surface area contributed by atoms with E-state index in [0.29, 0.717) is 0 Å². The molecular formula is C7H2F3NO. The Bertz CT molecular complexity index is 437. The molecule has 12 heavy (non-hydrogen) atoms. The Hall–Kier alpha value is -1.52. The van der Waals surface area contributed by atoms with Crippen LogP contribution < -0.4 is 0 Å². The minimum absolute atomic E-state index is 0.158. The number of rotatable bonds is 0. The molecule has 0 fully saturated rings. The Labute approximate surface area is 64.6 Å². The molecule has 2 aromatic rings. The van der Waals surface area contributed by atoms with Crippen molar-refractivity contribution in [3.8, 4) is 0 Å². The lowest BCUT2D eigenvalue weighted by atomic mass is 10.2. The molecule has 1 aromatic carbocycles. The largest absolute Gasteiger partial charge is 0.350 e. The number of halogens is 3. The van der Waals surface area contributed by atoms with Crippen LogP contribution in [0.15, 0.2) is 16.7 Å². The fraction of sp³-hybridized carbons (Fsp3) is 0. The van der Waals surface area contributed by atoms with Crippen LogP contribution in [-0.2, 0) is 0 Å². The Morgan fingerprint density at radius 3 is 2.67 bits per heavy atom. The molecule has 0 radical (unpaired) electrons. The molecule has 0 bridgehead atoms. The molecule has 0 unspecified atom stereocenters. The van der Waals surface area contributed by atoms with Crippen molar-refractivity contribution in [1.82, 2.24) is 5.16 Å². The molecule has 2 nitrogen and oxygen atoms in total. The summed E-state index contributed by atoms with van der Waals surface area (Å²) < 4.78 is 42.0. The van der Waals surface area contributed by atoms with Gasteiger partial charge in [-0.1, -0.05) is 0 Å². The number of aromatic nitrogens is 1. The van der Waals surface area contributed by atoms with Crippen LogP contribution in [0.2, 0.25) is 0 Å². The number of hydrogen-bond acceptors (Lipinski definition) is 2. The summed E-state index contributed by atoms with van der Waals surface area (Å²) >= 11 is 0. The van der Waals surface area contributed by atoms with Crippen LogP contribution in [0.25, 0.3) is 11.0 Å². The van der Waals surface area contributed by atoms with E-state index >= 15 is 0 Å². The third-order valence-electron chi connectivity index (χ3n) is 1.49. The van der Waals surface area contributed by atoms with Crippen LogP contribution in [-0.4, -0.2) is 5.16 Å². The van der Waals surface area contributed by atoms with Gasteiger partial charge >= 0.3 is 0 Å². The highest BCUT2D eigenvalue weighted by molar-refractivity contribution is 5.76. The predicted octanol–water partition coefficient (Wildman–Crippen LogP) is 2.25. The van der Waals surface area contributed by atoms with Crippen molar-refractivity contribution in [2.75, 3.05) is 0 Å². The molecule has 0 aliphatic heterocycles. The van der Waals surface area contributed by atoms with Crippen LogP contribution in [0.5, 0.6) is 0 Å². The van der Waals surface area contributed by atoms with E-state index < -0.39 is 23.2 Å². The molecule has 0 N–H and O–H groups in total. The van der Waals surface area contributed by atoms with Gasteiger partial charge in [-0.2, -0.15) is 8.78 Å². The second-order valence-corrected chi connectivity index (χ2v) is 2.21. The van der Waals surface area contributed by atoms with Crippen molar-refractivity contribution >= 4 is 11.0 Å². The molecular weight excluding hydrogens is 171 g/mol. The van der Waals surface area contributed by atoms with Gasteiger partial charge in [0.25, 0.3) is 5.95 Å². The molecule has 1 heterocycles. The maximum Gasteiger partial charge on any atom is 0.261 e. The SMILES string of the molecule is Fc1ccc2c(F)noc2c1F. The van der Waals surface area contributed by atoms with Gasteiger partial charge in [-0.25, -0.2) is 4.39 Å². The molecule has 0 atom stereocenters. The summed E-state index contributed by atoms with van der Waals surface area (Å²) in [5.74, 6) is -3.24. The Kier molecular flexibility index (Phi) is 1.33. The Morgan fingerprint density at radius 1 is 1.17 bits per heavy atom. The summed E-state index contributed by atoms with van der Waals surface area (Å²) in [6.45, 7) is 0. The maximum atomic E-state index is 12.7. The number of benzene rings is 1. The number of hydrogen-bond donors (Lipinski definition) is 0. The molecule has 2 rings (SSSR count). The van der Waals surface area contributed by atoms with Gasteiger partial charge in [-0.3, -0.25) is 0 Å². The molecule has 0 aliphatic rings. The second kappa shape index (κ2) is 2.23. The topological polar surface area (TPSA) is 26.0 Å². The Balaban J connectivity index is 2.93. The van der Waals surface area contributed by atoms with Crippen molar-refractivity contribution < 1.29 is 17.7 Å². The van der Waals surface area contributed by atoms with Crippen molar-refractivity contribution in [3.05, 3.63) is 29.7 Å². The van der Waals surface area contributed by atoms with Crippen molar-refractivity contribution in [2.24, 2.45) is 0 Å². The van der Waals surface area contributed by atoms with E-state index in [1.807, 2.05) is 0 Å². The molecule has 0 amide bonds. The third-order valence-corrected chi connectivity index (χ3v) is 1.49. The fourth-order valence-corrected chi connectivity index (χ4v) is 0.919. The average Bonchev–Trinajstić information content (AvgIpc) is 2.41. The van der Waals surface area contributed by atoms with Gasteiger partial charge in [0.1, 0.15) is 0 Å². The molecule has 1 aromatic heterocycles. The summed E-state index contributed by atoms with van der Waals surface area (Å²) in [7, 11) is 0. The predicted molar refractivity (Wildman–Crippen MR) is 33.9 cm³/mol. The lowest BCUT2D eigenvalue weighted by Crippen LogP contribution is -1.82. The van der Waals surface area contributed by atoms with E-state index in [-0.39, 0.29) is 5.39 Å². The van der Waals surface area contributed by atoms with Crippen LogP contribution >= 0.6 is 0 Å². The first-order valence-corrected chi connectivity index (χ1v) is 3.09. The first-order chi connectivity index (χ1) is 5.70. The van der Waals surface area contributed by atoms with Crippen molar-refractivity contribution in [1.29, 1.82) is 0 Å². The van der Waals surface area contributed by atoms with Gasteiger partial charge in [-0.15, -0.1) is 0 Å². The smallest absolute Gasteiger partial charge is 0.261 e. The fourth-order valence-electron chi connectivity index (χ4n) is 0.919. The highest BCUT2D eigenvalue weighted by Gasteiger charge is 2.14. The summed E-state index contributed by atoms with van der Waals surface area (Å²) in [5.41, 5.74) is -0.493. The first-order valence-electron chi connectivity index (χ1n) is 3.09. The van der Waals surface area contributed by atoms with Gasteiger partial charge in [0.2, 0.25) is 11.4 Å². The summed E-state index contributed by atoms with van der Waals surface area (Å²) in [6.07, 6.45) is 0. The zero-order chi connectivity index (χ0) is 8.72. The molecule has 0 spiro atoms. The van der Waals surface area contributed by atoms with E-state index in [2.05, 4.69) is 9.68 Å². The van der Waals surface area contributed by atoms with Crippen LogP contribution in [0.3, 0.4) is 0 Å². The van der Waals surface area contributed by atoms with Crippen LogP contribution in [0, 0.1) is 17.6 Å². The molecule has 0 saturated heterocycles. The quantitative estimate of drug-likeness (QED) is 0.610. The van der Waals surface area contributed by atoms with Gasteiger partial charge in [0, 0.05) is 0 Å². The van der Waals surface area contributed by atoms with E-state index in [1.165, 1.54) is 0 Å². The summed E-state index contributed by atoms with van der Waals surface area (Å²) in [6, 6.07) is 1.89. The lowest BCUT2D eigenvalue weighted by Gasteiger charge is -1.89. The zero-order valence-corrected chi connectivity index (χ0v) is 5.64. The van der Waals surface area contributed by atoms with Gasteiger partial charge in [0.05, 0.1) is 5.39 Å². The van der Waals surface area contributed by atoms with Gasteiger partial charge < -0.3 is 4.52 Å². The molecule has 62 valence electrons. The standard InChI is InChI=1S/C7H2F3NO/c8-4-2-1-3-6(5(4)9)12-11-7(3)10/h1-2H. The highest BCUT2D eigenvalue weighted by atomic mass is 19.2. The summed E-state index contributed by atoms with van der Waals surface area (Å²) in [5, 5.41) is 2.69. The normalized spacial score (nSPS) is 10.9. The lowest BCUT2D eigenvalue weighted by molar-refractivity contribution is 0.387.